The lowest BCUT2D eigenvalue weighted by Crippen LogP contribution is -2.31. The summed E-state index contributed by atoms with van der Waals surface area (Å²) in [4.78, 5) is 23.3. The number of nitrogens with one attached hydrogen (secondary N) is 1. The van der Waals surface area contributed by atoms with Crippen LogP contribution in [0.4, 0.5) is 0 Å². The van der Waals surface area contributed by atoms with Crippen LogP contribution in [-0.4, -0.2) is 31.9 Å². The molecular weight excluding hydrogens is 324 g/mol. The third kappa shape index (κ3) is 2.31. The van der Waals surface area contributed by atoms with Crippen molar-refractivity contribution in [1.82, 2.24) is 19.4 Å². The van der Waals surface area contributed by atoms with E-state index in [0.29, 0.717) is 0 Å². The molecule has 5 nitrogen and oxygen atoms in total. The first-order chi connectivity index (χ1) is 12.7. The monoisotopic (exact) mass is 344 g/mol. The number of fused-ring (bicyclic) bond motifs is 2. The minimum absolute atomic E-state index is 0.0130. The number of H-pyrrole nitrogens is 1. The van der Waals surface area contributed by atoms with E-state index in [0.717, 1.165) is 52.7 Å². The maximum Gasteiger partial charge on any atom is 0.254 e. The molecule has 1 amide bonds. The molecule has 0 unspecified atom stereocenters. The fourth-order valence-electron chi connectivity index (χ4n) is 3.99. The van der Waals surface area contributed by atoms with E-state index < -0.39 is 0 Å². The quantitative estimate of drug-likeness (QED) is 0.597. The standard InChI is InChI=1S/C21H20N4O/c1-24-12-10-14-8-9-15(13-19(14)24)21(26)25-11-4-7-18(25)20-22-16-5-2-3-6-17(16)23-20/h2-3,5-6,8-10,12-13,18H,4,7,11H2,1H3,(H,22,23)/t18-/m0/s1. The summed E-state index contributed by atoms with van der Waals surface area (Å²) in [6.45, 7) is 0.770. The van der Waals surface area contributed by atoms with Gasteiger partial charge in [0.05, 0.1) is 17.1 Å². The number of rotatable bonds is 2. The molecule has 0 radical (unpaired) electrons. The van der Waals surface area contributed by atoms with Crippen LogP contribution in [0.1, 0.15) is 35.1 Å². The molecule has 1 aliphatic rings. The van der Waals surface area contributed by atoms with Gasteiger partial charge in [-0.3, -0.25) is 4.79 Å². The molecule has 3 heterocycles. The summed E-state index contributed by atoms with van der Waals surface area (Å²) in [5, 5.41) is 1.15. The van der Waals surface area contributed by atoms with Crippen LogP contribution in [0.5, 0.6) is 0 Å². The summed E-state index contributed by atoms with van der Waals surface area (Å²) in [6.07, 6.45) is 3.96. The lowest BCUT2D eigenvalue weighted by Gasteiger charge is -2.23. The smallest absolute Gasteiger partial charge is 0.254 e. The molecule has 0 aliphatic carbocycles. The number of carbonyl (C=O) groups excluding carboxylic acids is 1. The zero-order valence-electron chi connectivity index (χ0n) is 14.6. The van der Waals surface area contributed by atoms with Gasteiger partial charge in [-0.15, -0.1) is 0 Å². The number of imidazole rings is 1. The highest BCUT2D eigenvalue weighted by Crippen LogP contribution is 2.33. The molecule has 26 heavy (non-hydrogen) atoms. The Hall–Kier alpha value is -3.08. The molecular formula is C21H20N4O. The second-order valence-corrected chi connectivity index (χ2v) is 7.00. The van der Waals surface area contributed by atoms with Crippen molar-refractivity contribution in [3.05, 3.63) is 66.1 Å². The molecule has 4 aromatic rings. The number of aromatic nitrogens is 3. The molecule has 1 N–H and O–H groups in total. The fourth-order valence-corrected chi connectivity index (χ4v) is 3.99. The first-order valence-corrected chi connectivity index (χ1v) is 9.01. The predicted octanol–water partition coefficient (Wildman–Crippen LogP) is 4.03. The van der Waals surface area contributed by atoms with Crippen molar-refractivity contribution in [3.8, 4) is 0 Å². The van der Waals surface area contributed by atoms with Crippen LogP contribution in [0.2, 0.25) is 0 Å². The van der Waals surface area contributed by atoms with Gasteiger partial charge in [0.2, 0.25) is 0 Å². The van der Waals surface area contributed by atoms with Gasteiger partial charge in [-0.2, -0.15) is 0 Å². The van der Waals surface area contributed by atoms with E-state index in [-0.39, 0.29) is 11.9 Å². The maximum absolute atomic E-state index is 13.2. The number of aromatic amines is 1. The van der Waals surface area contributed by atoms with Crippen molar-refractivity contribution in [1.29, 1.82) is 0 Å². The largest absolute Gasteiger partial charge is 0.351 e. The lowest BCUT2D eigenvalue weighted by molar-refractivity contribution is 0.0730. The first-order valence-electron chi connectivity index (χ1n) is 9.01. The van der Waals surface area contributed by atoms with E-state index in [1.54, 1.807) is 0 Å². The molecule has 1 fully saturated rings. The molecule has 0 bridgehead atoms. The molecule has 1 aliphatic heterocycles. The zero-order chi connectivity index (χ0) is 17.7. The Morgan fingerprint density at radius 2 is 2.08 bits per heavy atom. The third-order valence-electron chi connectivity index (χ3n) is 5.37. The Balaban J connectivity index is 1.50. The van der Waals surface area contributed by atoms with Crippen molar-refractivity contribution in [2.75, 3.05) is 6.54 Å². The highest BCUT2D eigenvalue weighted by Gasteiger charge is 2.32. The number of carbonyl (C=O) groups is 1. The van der Waals surface area contributed by atoms with Crippen LogP contribution >= 0.6 is 0 Å². The minimum atomic E-state index is 0.0130. The number of para-hydroxylation sites is 2. The van der Waals surface area contributed by atoms with E-state index in [4.69, 9.17) is 4.98 Å². The Morgan fingerprint density at radius 1 is 1.19 bits per heavy atom. The van der Waals surface area contributed by atoms with E-state index in [9.17, 15) is 4.79 Å². The van der Waals surface area contributed by atoms with Gasteiger partial charge in [0.15, 0.2) is 0 Å². The average molecular weight is 344 g/mol. The molecule has 1 atom stereocenters. The summed E-state index contributed by atoms with van der Waals surface area (Å²) in [7, 11) is 2.00. The molecule has 5 rings (SSSR count). The molecule has 2 aromatic carbocycles. The van der Waals surface area contributed by atoms with E-state index >= 15 is 0 Å². The molecule has 130 valence electrons. The highest BCUT2D eigenvalue weighted by molar-refractivity contribution is 5.98. The van der Waals surface area contributed by atoms with Crippen LogP contribution < -0.4 is 0 Å². The lowest BCUT2D eigenvalue weighted by atomic mass is 10.1. The van der Waals surface area contributed by atoms with Crippen molar-refractivity contribution in [3.63, 3.8) is 0 Å². The maximum atomic E-state index is 13.2. The normalized spacial score (nSPS) is 17.4. The molecule has 0 saturated carbocycles. The van der Waals surface area contributed by atoms with E-state index in [1.807, 2.05) is 65.2 Å². The topological polar surface area (TPSA) is 53.9 Å². The Morgan fingerprint density at radius 3 is 2.96 bits per heavy atom. The number of nitrogens with zero attached hydrogens (tertiary/aromatic N) is 3. The van der Waals surface area contributed by atoms with Gasteiger partial charge < -0.3 is 14.5 Å². The number of likely N-dealkylation sites (tertiary alicyclic amines) is 1. The van der Waals surface area contributed by atoms with E-state index in [1.165, 1.54) is 0 Å². The summed E-state index contributed by atoms with van der Waals surface area (Å²) in [6, 6.07) is 16.0. The number of hydrogen-bond donors (Lipinski definition) is 1. The Bertz CT molecular complexity index is 1090. The Kier molecular flexibility index (Phi) is 3.35. The first kappa shape index (κ1) is 15.2. The Labute approximate surface area is 151 Å². The molecule has 0 spiro atoms. The van der Waals surface area contributed by atoms with Crippen LogP contribution in [0.15, 0.2) is 54.7 Å². The summed E-state index contributed by atoms with van der Waals surface area (Å²) in [5.41, 5.74) is 3.79. The highest BCUT2D eigenvalue weighted by atomic mass is 16.2. The average Bonchev–Trinajstić information content (AvgIpc) is 3.38. The van der Waals surface area contributed by atoms with Crippen molar-refractivity contribution >= 4 is 27.8 Å². The summed E-state index contributed by atoms with van der Waals surface area (Å²) < 4.78 is 2.05. The van der Waals surface area contributed by atoms with Gasteiger partial charge in [-0.1, -0.05) is 18.2 Å². The third-order valence-corrected chi connectivity index (χ3v) is 5.37. The van der Waals surface area contributed by atoms with Gasteiger partial charge in [-0.05, 0) is 48.6 Å². The van der Waals surface area contributed by atoms with Gasteiger partial charge in [0, 0.05) is 30.9 Å². The van der Waals surface area contributed by atoms with Crippen LogP contribution in [0.25, 0.3) is 21.9 Å². The minimum Gasteiger partial charge on any atom is -0.351 e. The second-order valence-electron chi connectivity index (χ2n) is 7.00. The van der Waals surface area contributed by atoms with Gasteiger partial charge in [0.1, 0.15) is 5.82 Å². The van der Waals surface area contributed by atoms with E-state index in [2.05, 4.69) is 11.1 Å². The van der Waals surface area contributed by atoms with Gasteiger partial charge >= 0.3 is 0 Å². The van der Waals surface area contributed by atoms with Crippen molar-refractivity contribution < 1.29 is 4.79 Å². The second kappa shape index (κ2) is 5.73. The van der Waals surface area contributed by atoms with Crippen molar-refractivity contribution in [2.24, 2.45) is 7.05 Å². The van der Waals surface area contributed by atoms with Gasteiger partial charge in [0.25, 0.3) is 5.91 Å². The number of benzene rings is 2. The van der Waals surface area contributed by atoms with Gasteiger partial charge in [-0.25, -0.2) is 4.98 Å². The molecule has 1 saturated heterocycles. The molecule has 2 aromatic heterocycles. The van der Waals surface area contributed by atoms with Crippen LogP contribution in [-0.2, 0) is 7.05 Å². The number of amides is 1. The fraction of sp³-hybridized carbons (Fsp3) is 0.238. The zero-order valence-corrected chi connectivity index (χ0v) is 14.6. The summed E-state index contributed by atoms with van der Waals surface area (Å²) >= 11 is 0. The SMILES string of the molecule is Cn1ccc2ccc(C(=O)N3CCC[C@H]3c3nc4ccccc4[nH]3)cc21. The predicted molar refractivity (Wildman–Crippen MR) is 102 cm³/mol. The number of aryl methyl sites for hydroxylation is 1. The molecule has 5 heteroatoms. The van der Waals surface area contributed by atoms with Crippen LogP contribution in [0, 0.1) is 0 Å². The van der Waals surface area contributed by atoms with Crippen LogP contribution in [0.3, 0.4) is 0 Å². The van der Waals surface area contributed by atoms with Crippen molar-refractivity contribution in [2.45, 2.75) is 18.9 Å². The number of hydrogen-bond acceptors (Lipinski definition) is 2. The summed E-state index contributed by atoms with van der Waals surface area (Å²) in [5.74, 6) is 0.966.